The van der Waals surface area contributed by atoms with E-state index in [1.54, 1.807) is 0 Å². The Morgan fingerprint density at radius 1 is 1.38 bits per heavy atom. The van der Waals surface area contributed by atoms with E-state index < -0.39 is 0 Å². The minimum absolute atomic E-state index is 0.190. The third-order valence-electron chi connectivity index (χ3n) is 3.16. The Morgan fingerprint density at radius 2 is 2.12 bits per heavy atom. The number of nitrogens with one attached hydrogen (secondary N) is 1. The zero-order valence-corrected chi connectivity index (χ0v) is 11.6. The van der Waals surface area contributed by atoms with Gasteiger partial charge in [0.05, 0.1) is 10.7 Å². The SMILES string of the molecule is Cc1sc(C(C)(C)C)nc1C1CCCNC1. The summed E-state index contributed by atoms with van der Waals surface area (Å²) < 4.78 is 0. The first-order chi connectivity index (χ1) is 7.48. The van der Waals surface area contributed by atoms with Gasteiger partial charge in [-0.2, -0.15) is 0 Å². The van der Waals surface area contributed by atoms with Crippen LogP contribution >= 0.6 is 11.3 Å². The van der Waals surface area contributed by atoms with Crippen LogP contribution in [0.4, 0.5) is 0 Å². The summed E-state index contributed by atoms with van der Waals surface area (Å²) in [6, 6.07) is 0. The van der Waals surface area contributed by atoms with Crippen molar-refractivity contribution >= 4 is 11.3 Å². The Balaban J connectivity index is 2.24. The van der Waals surface area contributed by atoms with Crippen molar-refractivity contribution < 1.29 is 0 Å². The van der Waals surface area contributed by atoms with E-state index in [0.29, 0.717) is 5.92 Å². The molecule has 0 saturated carbocycles. The molecule has 1 aliphatic rings. The van der Waals surface area contributed by atoms with E-state index in [1.807, 2.05) is 11.3 Å². The van der Waals surface area contributed by atoms with Crippen LogP contribution in [0, 0.1) is 6.92 Å². The van der Waals surface area contributed by atoms with E-state index in [1.165, 1.54) is 35.0 Å². The second kappa shape index (κ2) is 4.46. The molecule has 1 unspecified atom stereocenters. The normalized spacial score (nSPS) is 22.4. The van der Waals surface area contributed by atoms with Crippen molar-refractivity contribution in [3.05, 3.63) is 15.6 Å². The molecular formula is C13H22N2S. The molecule has 3 heteroatoms. The molecule has 0 bridgehead atoms. The highest BCUT2D eigenvalue weighted by Gasteiger charge is 2.24. The molecule has 0 aromatic carbocycles. The molecule has 1 atom stereocenters. The number of nitrogens with zero attached hydrogens (tertiary/aromatic N) is 1. The Morgan fingerprint density at radius 3 is 2.62 bits per heavy atom. The lowest BCUT2D eigenvalue weighted by Gasteiger charge is -2.22. The average Bonchev–Trinajstić information content (AvgIpc) is 2.61. The van der Waals surface area contributed by atoms with Crippen molar-refractivity contribution in [1.82, 2.24) is 10.3 Å². The van der Waals surface area contributed by atoms with Crippen molar-refractivity contribution in [3.63, 3.8) is 0 Å². The molecule has 90 valence electrons. The van der Waals surface area contributed by atoms with Crippen LogP contribution in [-0.4, -0.2) is 18.1 Å². The fourth-order valence-electron chi connectivity index (χ4n) is 2.19. The number of hydrogen-bond acceptors (Lipinski definition) is 3. The number of piperidine rings is 1. The van der Waals surface area contributed by atoms with Crippen molar-refractivity contribution in [2.75, 3.05) is 13.1 Å². The molecule has 1 aromatic rings. The molecule has 1 N–H and O–H groups in total. The summed E-state index contributed by atoms with van der Waals surface area (Å²) in [5.74, 6) is 0.640. The monoisotopic (exact) mass is 238 g/mol. The molecule has 0 radical (unpaired) electrons. The van der Waals surface area contributed by atoms with E-state index in [2.05, 4.69) is 33.0 Å². The second-order valence-electron chi connectivity index (χ2n) is 5.75. The molecule has 2 nitrogen and oxygen atoms in total. The summed E-state index contributed by atoms with van der Waals surface area (Å²) in [6.45, 7) is 11.2. The van der Waals surface area contributed by atoms with Gasteiger partial charge in [0.1, 0.15) is 0 Å². The van der Waals surface area contributed by atoms with Gasteiger partial charge in [-0.15, -0.1) is 11.3 Å². The summed E-state index contributed by atoms with van der Waals surface area (Å²) in [4.78, 5) is 6.30. The van der Waals surface area contributed by atoms with Crippen LogP contribution in [0.1, 0.15) is 55.1 Å². The standard InChI is InChI=1S/C13H22N2S/c1-9-11(10-6-5-7-14-8-10)15-12(16-9)13(2,3)4/h10,14H,5-8H2,1-4H3. The number of thiazole rings is 1. The molecule has 1 aromatic heterocycles. The summed E-state index contributed by atoms with van der Waals surface area (Å²) in [6.07, 6.45) is 2.58. The summed E-state index contributed by atoms with van der Waals surface area (Å²) in [7, 11) is 0. The third kappa shape index (κ3) is 2.46. The van der Waals surface area contributed by atoms with Crippen molar-refractivity contribution in [1.29, 1.82) is 0 Å². The predicted octanol–water partition coefficient (Wildman–Crippen LogP) is 3.22. The second-order valence-corrected chi connectivity index (χ2v) is 6.96. The van der Waals surface area contributed by atoms with Crippen LogP contribution in [0.15, 0.2) is 0 Å². The van der Waals surface area contributed by atoms with E-state index in [4.69, 9.17) is 4.98 Å². The van der Waals surface area contributed by atoms with Gasteiger partial charge in [-0.05, 0) is 26.3 Å². The molecule has 0 spiro atoms. The van der Waals surface area contributed by atoms with E-state index in [-0.39, 0.29) is 5.41 Å². The largest absolute Gasteiger partial charge is 0.316 e. The van der Waals surface area contributed by atoms with Gasteiger partial charge >= 0.3 is 0 Å². The van der Waals surface area contributed by atoms with Crippen LogP contribution in [0.25, 0.3) is 0 Å². The predicted molar refractivity (Wildman–Crippen MR) is 70.4 cm³/mol. The topological polar surface area (TPSA) is 24.9 Å². The molecule has 16 heavy (non-hydrogen) atoms. The third-order valence-corrected chi connectivity index (χ3v) is 4.57. The smallest absolute Gasteiger partial charge is 0.0984 e. The van der Waals surface area contributed by atoms with Crippen molar-refractivity contribution in [3.8, 4) is 0 Å². The fourth-order valence-corrected chi connectivity index (χ4v) is 3.25. The quantitative estimate of drug-likeness (QED) is 0.812. The van der Waals surface area contributed by atoms with Crippen LogP contribution in [0.5, 0.6) is 0 Å². The highest BCUT2D eigenvalue weighted by Crippen LogP contribution is 2.34. The Hall–Kier alpha value is -0.410. The van der Waals surface area contributed by atoms with Gasteiger partial charge in [0.15, 0.2) is 0 Å². The van der Waals surface area contributed by atoms with Crippen LogP contribution in [-0.2, 0) is 5.41 Å². The Kier molecular flexibility index (Phi) is 3.36. The van der Waals surface area contributed by atoms with Crippen molar-refractivity contribution in [2.45, 2.75) is 51.9 Å². The molecule has 2 heterocycles. The fraction of sp³-hybridized carbons (Fsp3) is 0.769. The lowest BCUT2D eigenvalue weighted by atomic mass is 9.94. The lowest BCUT2D eigenvalue weighted by molar-refractivity contribution is 0.452. The van der Waals surface area contributed by atoms with E-state index >= 15 is 0 Å². The van der Waals surface area contributed by atoms with Gasteiger partial charge in [0.2, 0.25) is 0 Å². The number of aromatic nitrogens is 1. The van der Waals surface area contributed by atoms with Gasteiger partial charge in [-0.3, -0.25) is 0 Å². The zero-order valence-electron chi connectivity index (χ0n) is 10.8. The maximum absolute atomic E-state index is 4.88. The van der Waals surface area contributed by atoms with Crippen LogP contribution < -0.4 is 5.32 Å². The van der Waals surface area contributed by atoms with E-state index in [9.17, 15) is 0 Å². The Bertz CT molecular complexity index is 356. The van der Waals surface area contributed by atoms with Crippen molar-refractivity contribution in [2.24, 2.45) is 0 Å². The minimum Gasteiger partial charge on any atom is -0.316 e. The van der Waals surface area contributed by atoms with Gasteiger partial charge in [-0.1, -0.05) is 20.8 Å². The molecular weight excluding hydrogens is 216 g/mol. The van der Waals surface area contributed by atoms with Crippen LogP contribution in [0.2, 0.25) is 0 Å². The summed E-state index contributed by atoms with van der Waals surface area (Å²) in [5, 5.41) is 4.76. The lowest BCUT2D eigenvalue weighted by Crippen LogP contribution is -2.29. The van der Waals surface area contributed by atoms with Gasteiger partial charge in [0.25, 0.3) is 0 Å². The first-order valence-corrected chi connectivity index (χ1v) is 6.98. The summed E-state index contributed by atoms with van der Waals surface area (Å²) >= 11 is 1.88. The molecule has 1 fully saturated rings. The molecule has 0 amide bonds. The zero-order chi connectivity index (χ0) is 11.8. The molecule has 1 aliphatic heterocycles. The maximum Gasteiger partial charge on any atom is 0.0984 e. The highest BCUT2D eigenvalue weighted by molar-refractivity contribution is 7.11. The highest BCUT2D eigenvalue weighted by atomic mass is 32.1. The number of rotatable bonds is 1. The van der Waals surface area contributed by atoms with Gasteiger partial charge in [0, 0.05) is 22.8 Å². The first kappa shape index (κ1) is 12.1. The minimum atomic E-state index is 0.190. The van der Waals surface area contributed by atoms with Gasteiger partial charge < -0.3 is 5.32 Å². The van der Waals surface area contributed by atoms with E-state index in [0.717, 1.165) is 6.54 Å². The molecule has 0 aliphatic carbocycles. The molecule has 2 rings (SSSR count). The first-order valence-electron chi connectivity index (χ1n) is 6.17. The number of aryl methyl sites for hydroxylation is 1. The average molecular weight is 238 g/mol. The molecule has 1 saturated heterocycles. The summed E-state index contributed by atoms with van der Waals surface area (Å²) in [5.41, 5.74) is 1.54. The van der Waals surface area contributed by atoms with Crippen LogP contribution in [0.3, 0.4) is 0 Å². The maximum atomic E-state index is 4.88. The Labute approximate surface area is 102 Å². The number of hydrogen-bond donors (Lipinski definition) is 1. The van der Waals surface area contributed by atoms with Gasteiger partial charge in [-0.25, -0.2) is 4.98 Å².